The molecule has 1 amide bonds. The van der Waals surface area contributed by atoms with Crippen LogP contribution in [0.25, 0.3) is 0 Å². The molecule has 0 saturated carbocycles. The van der Waals surface area contributed by atoms with Crippen LogP contribution in [0.2, 0.25) is 10.0 Å². The summed E-state index contributed by atoms with van der Waals surface area (Å²) < 4.78 is 5.03. The molecule has 0 saturated heterocycles. The second kappa shape index (κ2) is 8.57. The Morgan fingerprint density at radius 2 is 1.67 bits per heavy atom. The number of halogens is 2. The monoisotopic (exact) mass is 367 g/mol. The van der Waals surface area contributed by atoms with Crippen LogP contribution in [0.1, 0.15) is 11.1 Å². The van der Waals surface area contributed by atoms with E-state index < -0.39 is 18.1 Å². The van der Waals surface area contributed by atoms with Crippen LogP contribution in [0.5, 0.6) is 0 Å². The molecule has 0 radical (unpaired) electrons. The first kappa shape index (κ1) is 18.1. The average molecular weight is 368 g/mol. The van der Waals surface area contributed by atoms with Crippen LogP contribution in [0.4, 0.5) is 4.79 Å². The van der Waals surface area contributed by atoms with Crippen molar-refractivity contribution in [2.24, 2.45) is 0 Å². The summed E-state index contributed by atoms with van der Waals surface area (Å²) in [6.45, 7) is 0.0575. The van der Waals surface area contributed by atoms with E-state index in [-0.39, 0.29) is 13.0 Å². The van der Waals surface area contributed by atoms with Crippen LogP contribution in [0.15, 0.2) is 48.5 Å². The van der Waals surface area contributed by atoms with E-state index in [0.717, 1.165) is 5.56 Å². The maximum atomic E-state index is 11.8. The molecule has 24 heavy (non-hydrogen) atoms. The maximum Gasteiger partial charge on any atom is 0.408 e. The molecule has 0 aliphatic carbocycles. The second-order valence-electron chi connectivity index (χ2n) is 5.08. The highest BCUT2D eigenvalue weighted by Gasteiger charge is 2.21. The fourth-order valence-corrected chi connectivity index (χ4v) is 2.64. The largest absolute Gasteiger partial charge is 0.480 e. The van der Waals surface area contributed by atoms with Crippen molar-refractivity contribution in [3.8, 4) is 0 Å². The zero-order valence-corrected chi connectivity index (χ0v) is 14.1. The van der Waals surface area contributed by atoms with Gasteiger partial charge in [0, 0.05) is 16.5 Å². The van der Waals surface area contributed by atoms with Crippen LogP contribution in [0.3, 0.4) is 0 Å². The molecule has 0 bridgehead atoms. The molecule has 0 aromatic heterocycles. The van der Waals surface area contributed by atoms with Crippen LogP contribution in [-0.2, 0) is 22.6 Å². The molecule has 0 aliphatic rings. The number of carbonyl (C=O) groups excluding carboxylic acids is 1. The third kappa shape index (κ3) is 5.76. The molecule has 126 valence electrons. The molecule has 0 fully saturated rings. The Kier molecular flexibility index (Phi) is 6.46. The number of carbonyl (C=O) groups is 2. The lowest BCUT2D eigenvalue weighted by Crippen LogP contribution is -2.42. The predicted octanol–water partition coefficient (Wildman–Crippen LogP) is 3.92. The van der Waals surface area contributed by atoms with Gasteiger partial charge in [-0.05, 0) is 29.3 Å². The van der Waals surface area contributed by atoms with E-state index in [4.69, 9.17) is 27.9 Å². The number of alkyl carbamates (subject to hydrolysis) is 1. The molecule has 1 unspecified atom stereocenters. The van der Waals surface area contributed by atoms with Gasteiger partial charge in [0.25, 0.3) is 0 Å². The lowest BCUT2D eigenvalue weighted by atomic mass is 10.1. The van der Waals surface area contributed by atoms with Gasteiger partial charge in [0.2, 0.25) is 0 Å². The lowest BCUT2D eigenvalue weighted by Gasteiger charge is -2.15. The number of ether oxygens (including phenoxy) is 1. The first-order valence-corrected chi connectivity index (χ1v) is 7.84. The van der Waals surface area contributed by atoms with Crippen molar-refractivity contribution in [1.29, 1.82) is 0 Å². The van der Waals surface area contributed by atoms with Crippen molar-refractivity contribution >= 4 is 35.3 Å². The molecule has 1 atom stereocenters. The molecular formula is C17H15Cl2NO4. The first-order valence-electron chi connectivity index (χ1n) is 7.09. The van der Waals surface area contributed by atoms with Gasteiger partial charge >= 0.3 is 12.1 Å². The van der Waals surface area contributed by atoms with E-state index in [0.29, 0.717) is 15.6 Å². The topological polar surface area (TPSA) is 75.6 Å². The number of hydrogen-bond donors (Lipinski definition) is 2. The zero-order valence-electron chi connectivity index (χ0n) is 12.5. The standard InChI is InChI=1S/C17H15Cl2NO4/c18-13-6-12(7-14(19)9-13)8-15(16(21)22)20-17(23)24-10-11-4-2-1-3-5-11/h1-7,9,15H,8,10H2,(H,20,23)(H,21,22). The molecular weight excluding hydrogens is 353 g/mol. The molecule has 2 aromatic rings. The van der Waals surface area contributed by atoms with Crippen LogP contribution in [0, 0.1) is 0 Å². The van der Waals surface area contributed by atoms with Crippen molar-refractivity contribution in [2.75, 3.05) is 0 Å². The SMILES string of the molecule is O=C(NC(Cc1cc(Cl)cc(Cl)c1)C(=O)O)OCc1ccccc1. The highest BCUT2D eigenvalue weighted by Crippen LogP contribution is 2.20. The zero-order chi connectivity index (χ0) is 17.5. The molecule has 2 rings (SSSR count). The van der Waals surface area contributed by atoms with Gasteiger partial charge in [0.15, 0.2) is 0 Å². The quantitative estimate of drug-likeness (QED) is 0.811. The lowest BCUT2D eigenvalue weighted by molar-refractivity contribution is -0.139. The average Bonchev–Trinajstić information content (AvgIpc) is 2.52. The van der Waals surface area contributed by atoms with Crippen LogP contribution < -0.4 is 5.32 Å². The number of amides is 1. The molecule has 0 aliphatic heterocycles. The fraction of sp³-hybridized carbons (Fsp3) is 0.176. The Labute approximate surface area is 149 Å². The van der Waals surface area contributed by atoms with Gasteiger partial charge in [-0.15, -0.1) is 0 Å². The maximum absolute atomic E-state index is 11.8. The summed E-state index contributed by atoms with van der Waals surface area (Å²) in [5.41, 5.74) is 1.41. The van der Waals surface area contributed by atoms with Crippen molar-refractivity contribution in [2.45, 2.75) is 19.1 Å². The van der Waals surface area contributed by atoms with Gasteiger partial charge in [-0.1, -0.05) is 53.5 Å². The summed E-state index contributed by atoms with van der Waals surface area (Å²) in [4.78, 5) is 23.2. The van der Waals surface area contributed by atoms with Gasteiger partial charge < -0.3 is 15.2 Å². The van der Waals surface area contributed by atoms with Crippen molar-refractivity contribution in [3.63, 3.8) is 0 Å². The summed E-state index contributed by atoms with van der Waals surface area (Å²) in [6.07, 6.45) is -0.768. The molecule has 2 aromatic carbocycles. The summed E-state index contributed by atoms with van der Waals surface area (Å²) in [7, 11) is 0. The number of hydrogen-bond acceptors (Lipinski definition) is 3. The number of rotatable bonds is 6. The van der Waals surface area contributed by atoms with Gasteiger partial charge in [-0.25, -0.2) is 9.59 Å². The van der Waals surface area contributed by atoms with Gasteiger partial charge in [-0.2, -0.15) is 0 Å². The third-order valence-corrected chi connectivity index (χ3v) is 3.60. The summed E-state index contributed by atoms with van der Waals surface area (Å²) in [5, 5.41) is 12.4. The van der Waals surface area contributed by atoms with Gasteiger partial charge in [0.05, 0.1) is 0 Å². The minimum absolute atomic E-state index is 0.0377. The van der Waals surface area contributed by atoms with E-state index in [2.05, 4.69) is 5.32 Å². The van der Waals surface area contributed by atoms with Gasteiger partial charge in [-0.3, -0.25) is 0 Å². The van der Waals surface area contributed by atoms with E-state index in [9.17, 15) is 14.7 Å². The highest BCUT2D eigenvalue weighted by molar-refractivity contribution is 6.34. The number of carboxylic acid groups (broad SMARTS) is 1. The van der Waals surface area contributed by atoms with E-state index in [1.165, 1.54) is 0 Å². The Bertz CT molecular complexity index is 702. The molecule has 2 N–H and O–H groups in total. The first-order chi connectivity index (χ1) is 11.4. The van der Waals surface area contributed by atoms with Crippen molar-refractivity contribution in [1.82, 2.24) is 5.32 Å². The third-order valence-electron chi connectivity index (χ3n) is 3.17. The number of aliphatic carboxylic acids is 1. The van der Waals surface area contributed by atoms with Crippen molar-refractivity contribution in [3.05, 3.63) is 69.7 Å². The molecule has 0 spiro atoms. The summed E-state index contributed by atoms with van der Waals surface area (Å²) in [6, 6.07) is 12.7. The van der Waals surface area contributed by atoms with E-state index >= 15 is 0 Å². The Balaban J connectivity index is 1.95. The number of benzene rings is 2. The fourth-order valence-electron chi connectivity index (χ4n) is 2.07. The number of carboxylic acids is 1. The van der Waals surface area contributed by atoms with Crippen LogP contribution in [-0.4, -0.2) is 23.2 Å². The van der Waals surface area contributed by atoms with Gasteiger partial charge in [0.1, 0.15) is 12.6 Å². The van der Waals surface area contributed by atoms with E-state index in [1.807, 2.05) is 18.2 Å². The van der Waals surface area contributed by atoms with Crippen molar-refractivity contribution < 1.29 is 19.4 Å². The minimum Gasteiger partial charge on any atom is -0.480 e. The summed E-state index contributed by atoms with van der Waals surface area (Å²) in [5.74, 6) is -1.18. The normalized spacial score (nSPS) is 11.6. The molecule has 7 heteroatoms. The highest BCUT2D eigenvalue weighted by atomic mass is 35.5. The minimum atomic E-state index is -1.18. The second-order valence-corrected chi connectivity index (χ2v) is 5.95. The smallest absolute Gasteiger partial charge is 0.408 e. The predicted molar refractivity (Wildman–Crippen MR) is 91.4 cm³/mol. The Morgan fingerprint density at radius 3 is 2.25 bits per heavy atom. The molecule has 0 heterocycles. The molecule has 5 nitrogen and oxygen atoms in total. The number of nitrogens with one attached hydrogen (secondary N) is 1. The van der Waals surface area contributed by atoms with E-state index in [1.54, 1.807) is 30.3 Å². The Hall–Kier alpha value is -2.24. The Morgan fingerprint density at radius 1 is 1.04 bits per heavy atom. The summed E-state index contributed by atoms with van der Waals surface area (Å²) >= 11 is 11.8. The van der Waals surface area contributed by atoms with Crippen LogP contribution >= 0.6 is 23.2 Å².